The Hall–Kier alpha value is -2.41. The second-order valence-corrected chi connectivity index (χ2v) is 7.56. The zero-order valence-corrected chi connectivity index (χ0v) is 15.6. The van der Waals surface area contributed by atoms with Crippen molar-refractivity contribution in [3.63, 3.8) is 0 Å². The molecule has 0 radical (unpaired) electrons. The number of carboxylic acids is 1. The van der Waals surface area contributed by atoms with Crippen LogP contribution < -0.4 is 15.7 Å². The number of rotatable bonds is 5. The Morgan fingerprint density at radius 2 is 1.89 bits per heavy atom. The van der Waals surface area contributed by atoms with Crippen LogP contribution in [0.4, 0.5) is 0 Å². The SMILES string of the molecule is C[C@@H](NC(=O)C1(c2ccccc2)CCN(C(=O)[C@@H]2CCC[NH2+]2)CC1)C(=O)[O-]. The lowest BCUT2D eigenvalue weighted by Crippen LogP contribution is -2.89. The third-order valence-electron chi connectivity index (χ3n) is 5.88. The molecule has 2 heterocycles. The molecule has 0 aliphatic carbocycles. The standard InChI is InChI=1S/C20H27N3O4/c1-14(18(25)26)22-19(27)20(15-6-3-2-4-7-15)9-12-23(13-10-20)17(24)16-8-5-11-21-16/h2-4,6-7,14,16,21H,5,8-13H2,1H3,(H,22,27)(H,25,26)/t14-,16+/m1/s1. The molecule has 2 saturated heterocycles. The summed E-state index contributed by atoms with van der Waals surface area (Å²) in [5, 5.41) is 15.7. The van der Waals surface area contributed by atoms with Crippen LogP contribution in [0.25, 0.3) is 0 Å². The highest BCUT2D eigenvalue weighted by atomic mass is 16.4. The molecule has 0 unspecified atom stereocenters. The topological polar surface area (TPSA) is 106 Å². The largest absolute Gasteiger partial charge is 0.548 e. The third-order valence-corrected chi connectivity index (χ3v) is 5.88. The van der Waals surface area contributed by atoms with Gasteiger partial charge in [0.25, 0.3) is 5.91 Å². The van der Waals surface area contributed by atoms with Gasteiger partial charge in [0, 0.05) is 25.9 Å². The van der Waals surface area contributed by atoms with E-state index in [9.17, 15) is 19.5 Å². The summed E-state index contributed by atoms with van der Waals surface area (Å²) in [6.07, 6.45) is 2.91. The molecule has 0 saturated carbocycles. The van der Waals surface area contributed by atoms with Gasteiger partial charge in [-0.15, -0.1) is 0 Å². The lowest BCUT2D eigenvalue weighted by molar-refractivity contribution is -0.658. The molecule has 2 atom stereocenters. The Balaban J connectivity index is 1.77. The van der Waals surface area contributed by atoms with Crippen molar-refractivity contribution in [2.24, 2.45) is 0 Å². The van der Waals surface area contributed by atoms with Crippen molar-refractivity contribution in [3.05, 3.63) is 35.9 Å². The van der Waals surface area contributed by atoms with Gasteiger partial charge in [-0.2, -0.15) is 0 Å². The van der Waals surface area contributed by atoms with Crippen LogP contribution in [0.2, 0.25) is 0 Å². The molecule has 0 spiro atoms. The van der Waals surface area contributed by atoms with Crippen molar-refractivity contribution in [1.29, 1.82) is 0 Å². The van der Waals surface area contributed by atoms with Crippen molar-refractivity contribution >= 4 is 17.8 Å². The number of likely N-dealkylation sites (tertiary alicyclic amines) is 1. The Morgan fingerprint density at radius 3 is 2.44 bits per heavy atom. The first-order chi connectivity index (χ1) is 12.9. The van der Waals surface area contributed by atoms with E-state index in [1.807, 2.05) is 35.2 Å². The van der Waals surface area contributed by atoms with E-state index in [2.05, 4.69) is 10.6 Å². The number of carbonyl (C=O) groups is 3. The number of nitrogens with one attached hydrogen (secondary N) is 1. The molecule has 0 aromatic heterocycles. The Bertz CT molecular complexity index is 692. The number of piperidine rings is 1. The Kier molecular flexibility index (Phi) is 5.79. The lowest BCUT2D eigenvalue weighted by Gasteiger charge is -2.42. The van der Waals surface area contributed by atoms with Gasteiger partial charge in [0.15, 0.2) is 6.04 Å². The zero-order valence-electron chi connectivity index (χ0n) is 15.6. The maximum absolute atomic E-state index is 13.1. The number of nitrogens with two attached hydrogens (primary N) is 1. The number of nitrogens with zero attached hydrogens (tertiary/aromatic N) is 1. The highest BCUT2D eigenvalue weighted by molar-refractivity contribution is 5.91. The maximum Gasteiger partial charge on any atom is 0.280 e. The molecular weight excluding hydrogens is 346 g/mol. The van der Waals surface area contributed by atoms with Gasteiger partial charge in [0.2, 0.25) is 5.91 Å². The van der Waals surface area contributed by atoms with E-state index in [4.69, 9.17) is 0 Å². The van der Waals surface area contributed by atoms with Gasteiger partial charge in [0.05, 0.1) is 24.0 Å². The highest BCUT2D eigenvalue weighted by Crippen LogP contribution is 2.36. The van der Waals surface area contributed by atoms with Crippen LogP contribution in [0, 0.1) is 0 Å². The quantitative estimate of drug-likeness (QED) is 0.657. The molecule has 3 rings (SSSR count). The molecule has 1 aromatic carbocycles. The van der Waals surface area contributed by atoms with Gasteiger partial charge in [-0.25, -0.2) is 0 Å². The van der Waals surface area contributed by atoms with Crippen LogP contribution in [0.5, 0.6) is 0 Å². The van der Waals surface area contributed by atoms with Gasteiger partial charge in [-0.05, 0) is 25.3 Å². The molecule has 2 aliphatic rings. The predicted molar refractivity (Wildman–Crippen MR) is 96.4 cm³/mol. The minimum absolute atomic E-state index is 0.00107. The van der Waals surface area contributed by atoms with E-state index in [-0.39, 0.29) is 17.9 Å². The summed E-state index contributed by atoms with van der Waals surface area (Å²) in [6, 6.07) is 8.35. The van der Waals surface area contributed by atoms with Gasteiger partial charge >= 0.3 is 0 Å². The van der Waals surface area contributed by atoms with E-state index in [1.54, 1.807) is 0 Å². The number of hydrogen-bond donors (Lipinski definition) is 2. The number of aliphatic carboxylic acids is 1. The van der Waals surface area contributed by atoms with Gasteiger partial charge < -0.3 is 25.4 Å². The van der Waals surface area contributed by atoms with E-state index in [0.29, 0.717) is 25.9 Å². The Morgan fingerprint density at radius 1 is 1.22 bits per heavy atom. The summed E-state index contributed by atoms with van der Waals surface area (Å²) < 4.78 is 0. The third kappa shape index (κ3) is 3.98. The monoisotopic (exact) mass is 373 g/mol. The molecule has 1 aromatic rings. The van der Waals surface area contributed by atoms with Crippen LogP contribution in [-0.4, -0.2) is 54.4 Å². The summed E-state index contributed by atoms with van der Waals surface area (Å²) >= 11 is 0. The molecule has 2 fully saturated rings. The van der Waals surface area contributed by atoms with Crippen LogP contribution in [0.3, 0.4) is 0 Å². The fourth-order valence-electron chi connectivity index (χ4n) is 4.14. The molecule has 146 valence electrons. The van der Waals surface area contributed by atoms with E-state index >= 15 is 0 Å². The van der Waals surface area contributed by atoms with Crippen molar-refractivity contribution in [2.75, 3.05) is 19.6 Å². The summed E-state index contributed by atoms with van der Waals surface area (Å²) in [6.45, 7) is 3.37. The maximum atomic E-state index is 13.1. The van der Waals surface area contributed by atoms with Gasteiger partial charge in [-0.3, -0.25) is 9.59 Å². The highest BCUT2D eigenvalue weighted by Gasteiger charge is 2.45. The minimum atomic E-state index is -1.31. The fraction of sp³-hybridized carbons (Fsp3) is 0.550. The van der Waals surface area contributed by atoms with E-state index < -0.39 is 17.4 Å². The van der Waals surface area contributed by atoms with Crippen molar-refractivity contribution in [1.82, 2.24) is 10.2 Å². The number of quaternary nitrogens is 1. The fourth-order valence-corrected chi connectivity index (χ4v) is 4.14. The normalized spacial score (nSPS) is 22.9. The van der Waals surface area contributed by atoms with Crippen LogP contribution in [-0.2, 0) is 19.8 Å². The summed E-state index contributed by atoms with van der Waals surface area (Å²) in [5.74, 6) is -1.47. The first-order valence-corrected chi connectivity index (χ1v) is 9.63. The molecule has 7 heteroatoms. The number of hydrogen-bond acceptors (Lipinski definition) is 4. The molecule has 2 amide bonds. The first-order valence-electron chi connectivity index (χ1n) is 9.63. The molecule has 2 aliphatic heterocycles. The number of benzene rings is 1. The lowest BCUT2D eigenvalue weighted by atomic mass is 9.71. The molecule has 7 nitrogen and oxygen atoms in total. The second kappa shape index (κ2) is 8.08. The Labute approximate surface area is 159 Å². The van der Waals surface area contributed by atoms with Crippen molar-refractivity contribution < 1.29 is 24.8 Å². The number of carbonyl (C=O) groups excluding carboxylic acids is 3. The summed E-state index contributed by atoms with van der Waals surface area (Å²) in [4.78, 5) is 38.7. The van der Waals surface area contributed by atoms with Crippen molar-refractivity contribution in [2.45, 2.75) is 50.1 Å². The first kappa shape index (κ1) is 19.4. The predicted octanol–water partition coefficient (Wildman–Crippen LogP) is -1.47. The number of carboxylic acid groups (broad SMARTS) is 1. The average molecular weight is 373 g/mol. The van der Waals surface area contributed by atoms with Crippen molar-refractivity contribution in [3.8, 4) is 0 Å². The zero-order chi connectivity index (χ0) is 19.4. The molecular formula is C20H27N3O4. The van der Waals surface area contributed by atoms with E-state index in [0.717, 1.165) is 24.9 Å². The average Bonchev–Trinajstić information content (AvgIpc) is 3.22. The van der Waals surface area contributed by atoms with E-state index in [1.165, 1.54) is 6.92 Å². The van der Waals surface area contributed by atoms with Gasteiger partial charge in [0.1, 0.15) is 0 Å². The smallest absolute Gasteiger partial charge is 0.280 e. The summed E-state index contributed by atoms with van der Waals surface area (Å²) in [5.41, 5.74) is 0.0220. The van der Waals surface area contributed by atoms with Gasteiger partial charge in [-0.1, -0.05) is 30.3 Å². The summed E-state index contributed by atoms with van der Waals surface area (Å²) in [7, 11) is 0. The minimum Gasteiger partial charge on any atom is -0.548 e. The van der Waals surface area contributed by atoms with Crippen LogP contribution in [0.15, 0.2) is 30.3 Å². The number of amides is 2. The second-order valence-electron chi connectivity index (χ2n) is 7.56. The van der Waals surface area contributed by atoms with Crippen LogP contribution >= 0.6 is 0 Å². The van der Waals surface area contributed by atoms with Crippen LogP contribution in [0.1, 0.15) is 38.2 Å². The molecule has 3 N–H and O–H groups in total. The molecule has 0 bridgehead atoms. The molecule has 27 heavy (non-hydrogen) atoms.